The number of halogens is 1. The zero-order valence-corrected chi connectivity index (χ0v) is 15.2. The van der Waals surface area contributed by atoms with Crippen molar-refractivity contribution < 1.29 is 17.9 Å². The first-order valence-electron chi connectivity index (χ1n) is 7.17. The van der Waals surface area contributed by atoms with Crippen LogP contribution in [0.2, 0.25) is 5.02 Å². The summed E-state index contributed by atoms with van der Waals surface area (Å²) in [7, 11) is -1.78. The van der Waals surface area contributed by atoms with E-state index in [1.165, 1.54) is 13.2 Å². The van der Waals surface area contributed by atoms with Crippen LogP contribution in [0.25, 0.3) is 6.08 Å². The molecule has 0 unspecified atom stereocenters. The first kappa shape index (κ1) is 18.8. The smallest absolute Gasteiger partial charge is 0.248 e. The maximum atomic E-state index is 12.0. The average molecular weight is 381 g/mol. The van der Waals surface area contributed by atoms with Gasteiger partial charge in [-0.15, -0.1) is 0 Å². The highest BCUT2D eigenvalue weighted by molar-refractivity contribution is 7.92. The van der Waals surface area contributed by atoms with Crippen LogP contribution in [0.5, 0.6) is 5.75 Å². The van der Waals surface area contributed by atoms with E-state index in [9.17, 15) is 13.2 Å². The number of hydrogen-bond acceptors (Lipinski definition) is 4. The van der Waals surface area contributed by atoms with Crippen LogP contribution in [0.1, 0.15) is 5.56 Å². The molecule has 0 fully saturated rings. The van der Waals surface area contributed by atoms with Gasteiger partial charge in [0.25, 0.3) is 0 Å². The van der Waals surface area contributed by atoms with Crippen LogP contribution in [-0.2, 0) is 14.8 Å². The van der Waals surface area contributed by atoms with Gasteiger partial charge in [0.15, 0.2) is 0 Å². The third-order valence-electron chi connectivity index (χ3n) is 3.08. The van der Waals surface area contributed by atoms with Crippen molar-refractivity contribution in [2.24, 2.45) is 0 Å². The van der Waals surface area contributed by atoms with E-state index in [-0.39, 0.29) is 5.91 Å². The molecule has 0 aliphatic rings. The SMILES string of the molecule is COc1ccc(NC(=O)C=Cc2ccc(NS(C)(=O)=O)cc2)c(Cl)c1. The van der Waals surface area contributed by atoms with Gasteiger partial charge in [0.2, 0.25) is 15.9 Å². The Bertz CT molecular complexity index is 893. The molecule has 0 heterocycles. The number of amides is 1. The first-order valence-corrected chi connectivity index (χ1v) is 9.44. The Morgan fingerprint density at radius 1 is 1.16 bits per heavy atom. The number of nitrogens with one attached hydrogen (secondary N) is 2. The molecule has 0 aliphatic heterocycles. The number of carbonyl (C=O) groups excluding carboxylic acids is 1. The number of anilines is 2. The lowest BCUT2D eigenvalue weighted by Crippen LogP contribution is -2.09. The lowest BCUT2D eigenvalue weighted by molar-refractivity contribution is -0.111. The Kier molecular flexibility index (Phi) is 6.06. The normalized spacial score (nSPS) is 11.3. The minimum Gasteiger partial charge on any atom is -0.497 e. The van der Waals surface area contributed by atoms with Crippen LogP contribution in [0.3, 0.4) is 0 Å². The highest BCUT2D eigenvalue weighted by atomic mass is 35.5. The summed E-state index contributed by atoms with van der Waals surface area (Å²) < 4.78 is 29.7. The molecular weight excluding hydrogens is 364 g/mol. The van der Waals surface area contributed by atoms with E-state index in [0.29, 0.717) is 22.1 Å². The van der Waals surface area contributed by atoms with Crippen LogP contribution in [0.4, 0.5) is 11.4 Å². The number of methoxy groups -OCH3 is 1. The molecule has 0 atom stereocenters. The van der Waals surface area contributed by atoms with Crippen molar-refractivity contribution >= 4 is 45.0 Å². The molecule has 2 rings (SSSR count). The van der Waals surface area contributed by atoms with Gasteiger partial charge in [0, 0.05) is 17.8 Å². The van der Waals surface area contributed by atoms with Crippen molar-refractivity contribution in [1.82, 2.24) is 0 Å². The van der Waals surface area contributed by atoms with E-state index in [1.54, 1.807) is 48.5 Å². The van der Waals surface area contributed by atoms with Crippen molar-refractivity contribution in [2.45, 2.75) is 0 Å². The Hall–Kier alpha value is -2.51. The molecule has 0 spiro atoms. The summed E-state index contributed by atoms with van der Waals surface area (Å²) in [6.07, 6.45) is 4.05. The summed E-state index contributed by atoms with van der Waals surface area (Å²) in [5.74, 6) is 0.256. The maximum Gasteiger partial charge on any atom is 0.248 e. The molecule has 0 aromatic heterocycles. The minimum absolute atomic E-state index is 0.342. The summed E-state index contributed by atoms with van der Waals surface area (Å²) in [6, 6.07) is 11.6. The quantitative estimate of drug-likeness (QED) is 0.752. The van der Waals surface area contributed by atoms with Crippen LogP contribution >= 0.6 is 11.6 Å². The molecular formula is C17H17ClN2O4S. The highest BCUT2D eigenvalue weighted by Gasteiger charge is 2.05. The van der Waals surface area contributed by atoms with Crippen molar-refractivity contribution in [3.8, 4) is 5.75 Å². The van der Waals surface area contributed by atoms with E-state index in [4.69, 9.17) is 16.3 Å². The second-order valence-electron chi connectivity index (χ2n) is 5.16. The predicted octanol–water partition coefficient (Wildman–Crippen LogP) is 3.37. The second kappa shape index (κ2) is 8.04. The molecule has 0 bridgehead atoms. The second-order valence-corrected chi connectivity index (χ2v) is 7.32. The largest absolute Gasteiger partial charge is 0.497 e. The molecule has 25 heavy (non-hydrogen) atoms. The molecule has 0 saturated heterocycles. The first-order chi connectivity index (χ1) is 11.8. The molecule has 8 heteroatoms. The van der Waals surface area contributed by atoms with E-state index in [0.717, 1.165) is 11.8 Å². The Morgan fingerprint density at radius 2 is 1.84 bits per heavy atom. The number of benzene rings is 2. The van der Waals surface area contributed by atoms with Crippen LogP contribution in [0, 0.1) is 0 Å². The van der Waals surface area contributed by atoms with Crippen LogP contribution in [-0.4, -0.2) is 27.7 Å². The van der Waals surface area contributed by atoms with Gasteiger partial charge >= 0.3 is 0 Å². The van der Waals surface area contributed by atoms with E-state index < -0.39 is 10.0 Å². The molecule has 2 N–H and O–H groups in total. The molecule has 1 amide bonds. The van der Waals surface area contributed by atoms with Gasteiger partial charge < -0.3 is 10.1 Å². The molecule has 132 valence electrons. The van der Waals surface area contributed by atoms with Crippen LogP contribution in [0.15, 0.2) is 48.5 Å². The average Bonchev–Trinajstić information content (AvgIpc) is 2.54. The number of sulfonamides is 1. The molecule has 2 aromatic rings. The molecule has 2 aromatic carbocycles. The monoisotopic (exact) mass is 380 g/mol. The van der Waals surface area contributed by atoms with E-state index in [2.05, 4.69) is 10.0 Å². The predicted molar refractivity (Wildman–Crippen MR) is 101 cm³/mol. The van der Waals surface area contributed by atoms with Crippen molar-refractivity contribution in [1.29, 1.82) is 0 Å². The molecule has 0 saturated carbocycles. The minimum atomic E-state index is -3.31. The van der Waals surface area contributed by atoms with Gasteiger partial charge in [0.1, 0.15) is 5.75 Å². The summed E-state index contributed by atoms with van der Waals surface area (Å²) in [6.45, 7) is 0. The van der Waals surface area contributed by atoms with Crippen molar-refractivity contribution in [2.75, 3.05) is 23.4 Å². The summed E-state index contributed by atoms with van der Waals surface area (Å²) in [5, 5.41) is 3.04. The Balaban J connectivity index is 2.00. The highest BCUT2D eigenvalue weighted by Crippen LogP contribution is 2.26. The number of ether oxygens (including phenoxy) is 1. The van der Waals surface area contributed by atoms with Gasteiger partial charge in [-0.05, 0) is 35.9 Å². The summed E-state index contributed by atoms with van der Waals surface area (Å²) in [4.78, 5) is 12.0. The lowest BCUT2D eigenvalue weighted by atomic mass is 10.2. The van der Waals surface area contributed by atoms with E-state index >= 15 is 0 Å². The van der Waals surface area contributed by atoms with Crippen molar-refractivity contribution in [3.63, 3.8) is 0 Å². The molecule has 0 aliphatic carbocycles. The van der Waals surface area contributed by atoms with Gasteiger partial charge in [0.05, 0.1) is 24.1 Å². The lowest BCUT2D eigenvalue weighted by Gasteiger charge is -2.07. The fourth-order valence-corrected chi connectivity index (χ4v) is 2.73. The fourth-order valence-electron chi connectivity index (χ4n) is 1.95. The Labute approximate surface area is 151 Å². The van der Waals surface area contributed by atoms with Crippen molar-refractivity contribution in [3.05, 3.63) is 59.1 Å². The summed E-state index contributed by atoms with van der Waals surface area (Å²) >= 11 is 6.06. The van der Waals surface area contributed by atoms with Gasteiger partial charge in [-0.1, -0.05) is 23.7 Å². The summed E-state index contributed by atoms with van der Waals surface area (Å²) in [5.41, 5.74) is 1.67. The van der Waals surface area contributed by atoms with Gasteiger partial charge in [-0.3, -0.25) is 9.52 Å². The standard InChI is InChI=1S/C17H17ClN2O4S/c1-24-14-8-9-16(15(18)11-14)19-17(21)10-5-12-3-6-13(7-4-12)20-25(2,22)23/h3-11,20H,1-2H3,(H,19,21). The number of carbonyl (C=O) groups is 1. The third-order valence-corrected chi connectivity index (χ3v) is 3.99. The molecule has 6 nitrogen and oxygen atoms in total. The topological polar surface area (TPSA) is 84.5 Å². The fraction of sp³-hybridized carbons (Fsp3) is 0.118. The zero-order chi connectivity index (χ0) is 18.4. The van der Waals surface area contributed by atoms with Crippen LogP contribution < -0.4 is 14.8 Å². The maximum absolute atomic E-state index is 12.0. The number of hydrogen-bond donors (Lipinski definition) is 2. The molecule has 0 radical (unpaired) electrons. The van der Waals surface area contributed by atoms with Gasteiger partial charge in [-0.25, -0.2) is 8.42 Å². The number of rotatable bonds is 6. The van der Waals surface area contributed by atoms with Gasteiger partial charge in [-0.2, -0.15) is 0 Å². The van der Waals surface area contributed by atoms with E-state index in [1.807, 2.05) is 0 Å². The zero-order valence-electron chi connectivity index (χ0n) is 13.6. The third kappa shape index (κ3) is 6.13. The Morgan fingerprint density at radius 3 is 2.40 bits per heavy atom.